The summed E-state index contributed by atoms with van der Waals surface area (Å²) in [4.78, 5) is 23.6. The number of ketones is 1. The molecular weight excluding hydrogens is 467 g/mol. The quantitative estimate of drug-likeness (QED) is 0.439. The number of hydrogen-bond acceptors (Lipinski definition) is 4. The van der Waals surface area contributed by atoms with Gasteiger partial charge in [0.2, 0.25) is 0 Å². The maximum absolute atomic E-state index is 13.0. The minimum atomic E-state index is -4.96. The zero-order valence-corrected chi connectivity index (χ0v) is 20.9. The number of rotatable bonds is 5. The lowest BCUT2D eigenvalue weighted by Gasteiger charge is -2.60. The van der Waals surface area contributed by atoms with Crippen LogP contribution < -0.4 is 5.32 Å². The topological polar surface area (TPSA) is 80.3 Å². The molecular formula is C25H36F3NO4S. The van der Waals surface area contributed by atoms with E-state index in [2.05, 4.69) is 20.4 Å². The van der Waals surface area contributed by atoms with E-state index in [4.69, 9.17) is 0 Å². The fourth-order valence-corrected chi connectivity index (χ4v) is 9.89. The van der Waals surface area contributed by atoms with Crippen molar-refractivity contribution in [1.29, 1.82) is 0 Å². The van der Waals surface area contributed by atoms with Gasteiger partial charge in [-0.3, -0.25) is 9.59 Å². The van der Waals surface area contributed by atoms with Crippen LogP contribution in [0.25, 0.3) is 0 Å². The second-order valence-corrected chi connectivity index (χ2v) is 14.0. The number of fused-ring (bicyclic) bond motifs is 5. The Morgan fingerprint density at radius 1 is 1.15 bits per heavy atom. The van der Waals surface area contributed by atoms with Crippen LogP contribution in [0.4, 0.5) is 13.2 Å². The minimum absolute atomic E-state index is 0.0281. The van der Waals surface area contributed by atoms with Gasteiger partial charge in [0.1, 0.15) is 5.78 Å². The molecule has 0 aliphatic heterocycles. The highest BCUT2D eigenvalue weighted by atomic mass is 32.2. The Morgan fingerprint density at radius 3 is 2.53 bits per heavy atom. The zero-order chi connectivity index (χ0) is 25.1. The third-order valence-electron chi connectivity index (χ3n) is 9.94. The number of halogens is 3. The van der Waals surface area contributed by atoms with Crippen LogP contribution in [0.1, 0.15) is 71.6 Å². The Kier molecular flexibility index (Phi) is 6.52. The molecule has 4 saturated carbocycles. The Bertz CT molecular complexity index is 977. The van der Waals surface area contributed by atoms with Crippen molar-refractivity contribution in [2.75, 3.05) is 12.3 Å². The van der Waals surface area contributed by atoms with Crippen LogP contribution in [0.3, 0.4) is 0 Å². The standard InChI is InChI=1S/C25H36F3NO4S/c1-15-13-17-18-5-6-21(30)24(18,3)10-8-19(17)23(2)9-7-16(14-20(15)23)34(32,33)12-4-11-29-22(31)25(26,27)28/h16-20H,1,4-14H2,2-3H3,(H,29,31)/t16-,17+,18+,19+,20+,23-,24+/m1/s1. The molecule has 4 aliphatic rings. The van der Waals surface area contributed by atoms with E-state index < -0.39 is 27.2 Å². The van der Waals surface area contributed by atoms with Crippen LogP contribution in [0.5, 0.6) is 0 Å². The van der Waals surface area contributed by atoms with Crippen LogP contribution >= 0.6 is 0 Å². The first-order valence-corrected chi connectivity index (χ1v) is 14.2. The highest BCUT2D eigenvalue weighted by Gasteiger charge is 2.61. The third kappa shape index (κ3) is 4.24. The molecule has 34 heavy (non-hydrogen) atoms. The average molecular weight is 504 g/mol. The summed E-state index contributed by atoms with van der Waals surface area (Å²) in [5, 5.41) is 1.22. The van der Waals surface area contributed by atoms with Crippen molar-refractivity contribution in [2.45, 2.75) is 83.1 Å². The molecule has 0 heterocycles. The van der Waals surface area contributed by atoms with Crippen LogP contribution in [0.2, 0.25) is 0 Å². The first-order chi connectivity index (χ1) is 15.7. The van der Waals surface area contributed by atoms with Gasteiger partial charge in [-0.05, 0) is 80.5 Å². The Balaban J connectivity index is 1.41. The first kappa shape index (κ1) is 25.7. The average Bonchev–Trinajstić information content (AvgIpc) is 3.05. The molecule has 7 atom stereocenters. The van der Waals surface area contributed by atoms with Crippen molar-refractivity contribution in [2.24, 2.45) is 34.5 Å². The highest BCUT2D eigenvalue weighted by Crippen LogP contribution is 2.66. The molecule has 0 radical (unpaired) electrons. The summed E-state index contributed by atoms with van der Waals surface area (Å²) in [7, 11) is -3.50. The second kappa shape index (κ2) is 8.63. The van der Waals surface area contributed by atoms with Crippen molar-refractivity contribution in [3.63, 3.8) is 0 Å². The van der Waals surface area contributed by atoms with E-state index in [1.807, 2.05) is 0 Å². The summed E-state index contributed by atoms with van der Waals surface area (Å²) in [6.07, 6.45) is 1.22. The molecule has 1 N–H and O–H groups in total. The first-order valence-electron chi connectivity index (χ1n) is 12.5. The molecule has 5 nitrogen and oxygen atoms in total. The van der Waals surface area contributed by atoms with Gasteiger partial charge in [-0.2, -0.15) is 13.2 Å². The third-order valence-corrected chi connectivity index (χ3v) is 12.2. The summed E-state index contributed by atoms with van der Waals surface area (Å²) in [6.45, 7) is 8.50. The SMILES string of the molecule is C=C1C[C@@H]2[C@H](CC[C@]3(C)C(=O)CC[C@@H]23)[C@@]2(C)CC[C@@H](S(=O)(=O)CCCNC(=O)C(F)(F)F)C[C@@H]12. The number of allylic oxidation sites excluding steroid dienone is 1. The number of alkyl halides is 3. The molecule has 0 bridgehead atoms. The van der Waals surface area contributed by atoms with E-state index in [-0.39, 0.29) is 35.5 Å². The summed E-state index contributed by atoms with van der Waals surface area (Å²) in [6, 6.07) is 0. The number of sulfone groups is 1. The number of hydrogen-bond donors (Lipinski definition) is 1. The molecule has 4 rings (SSSR count). The molecule has 4 fully saturated rings. The molecule has 4 aliphatic carbocycles. The largest absolute Gasteiger partial charge is 0.471 e. The summed E-state index contributed by atoms with van der Waals surface area (Å²) >= 11 is 0. The lowest BCUT2D eigenvalue weighted by atomic mass is 9.44. The van der Waals surface area contributed by atoms with Crippen molar-refractivity contribution < 1.29 is 31.2 Å². The van der Waals surface area contributed by atoms with Gasteiger partial charge in [-0.25, -0.2) is 8.42 Å². The maximum atomic E-state index is 13.0. The number of carbonyl (C=O) groups is 2. The van der Waals surface area contributed by atoms with Gasteiger partial charge in [0.05, 0.1) is 11.0 Å². The smallest absolute Gasteiger partial charge is 0.348 e. The highest BCUT2D eigenvalue weighted by molar-refractivity contribution is 7.92. The van der Waals surface area contributed by atoms with Gasteiger partial charge in [0, 0.05) is 18.4 Å². The van der Waals surface area contributed by atoms with Gasteiger partial charge in [-0.1, -0.05) is 26.0 Å². The predicted molar refractivity (Wildman–Crippen MR) is 123 cm³/mol. The lowest BCUT2D eigenvalue weighted by molar-refractivity contribution is -0.173. The Morgan fingerprint density at radius 2 is 1.85 bits per heavy atom. The van der Waals surface area contributed by atoms with Crippen molar-refractivity contribution in [3.05, 3.63) is 12.2 Å². The van der Waals surface area contributed by atoms with Gasteiger partial charge in [0.15, 0.2) is 9.84 Å². The van der Waals surface area contributed by atoms with E-state index in [9.17, 15) is 31.2 Å². The maximum Gasteiger partial charge on any atom is 0.471 e. The number of nitrogens with one attached hydrogen (secondary N) is 1. The molecule has 9 heteroatoms. The molecule has 0 spiro atoms. The van der Waals surface area contributed by atoms with Gasteiger partial charge in [0.25, 0.3) is 0 Å². The van der Waals surface area contributed by atoms with Crippen LogP contribution in [0.15, 0.2) is 12.2 Å². The molecule has 0 aromatic rings. The number of amides is 1. The molecule has 1 amide bonds. The Hall–Kier alpha value is -1.38. The summed E-state index contributed by atoms with van der Waals surface area (Å²) in [5.74, 6) is -0.484. The predicted octanol–water partition coefficient (Wildman–Crippen LogP) is 4.62. The van der Waals surface area contributed by atoms with Gasteiger partial charge >= 0.3 is 12.1 Å². The summed E-state index contributed by atoms with van der Waals surface area (Å²) < 4.78 is 63.0. The monoisotopic (exact) mass is 503 g/mol. The normalized spacial score (nSPS) is 40.3. The zero-order valence-electron chi connectivity index (χ0n) is 20.0. The van der Waals surface area contributed by atoms with E-state index in [0.717, 1.165) is 37.7 Å². The van der Waals surface area contributed by atoms with Crippen molar-refractivity contribution >= 4 is 21.5 Å². The number of carbonyl (C=O) groups excluding carboxylic acids is 2. The van der Waals surface area contributed by atoms with E-state index >= 15 is 0 Å². The Labute approximate surface area is 200 Å². The van der Waals surface area contributed by atoms with Gasteiger partial charge in [-0.15, -0.1) is 0 Å². The van der Waals surface area contributed by atoms with E-state index in [1.165, 1.54) is 0 Å². The van der Waals surface area contributed by atoms with Crippen molar-refractivity contribution in [3.8, 4) is 0 Å². The fraction of sp³-hybridized carbons (Fsp3) is 0.840. The molecule has 0 saturated heterocycles. The van der Waals surface area contributed by atoms with Crippen molar-refractivity contribution in [1.82, 2.24) is 5.32 Å². The van der Waals surface area contributed by atoms with E-state index in [1.54, 1.807) is 5.32 Å². The van der Waals surface area contributed by atoms with Gasteiger partial charge < -0.3 is 5.32 Å². The molecule has 192 valence electrons. The molecule has 0 aromatic heterocycles. The summed E-state index contributed by atoms with van der Waals surface area (Å²) in [5.41, 5.74) is 0.858. The molecule has 0 aromatic carbocycles. The fourth-order valence-electron chi connectivity index (χ4n) is 8.05. The lowest BCUT2D eigenvalue weighted by Crippen LogP contribution is -2.55. The second-order valence-electron chi connectivity index (χ2n) is 11.6. The van der Waals surface area contributed by atoms with Crippen LogP contribution in [0, 0.1) is 34.5 Å². The number of Topliss-reactive ketones (excluding diaryl/α,β-unsaturated/α-hetero) is 1. The van der Waals surface area contributed by atoms with E-state index in [0.29, 0.717) is 42.8 Å². The minimum Gasteiger partial charge on any atom is -0.348 e. The molecule has 0 unspecified atom stereocenters. The van der Waals surface area contributed by atoms with Crippen LogP contribution in [-0.4, -0.2) is 43.8 Å². The van der Waals surface area contributed by atoms with Crippen LogP contribution in [-0.2, 0) is 19.4 Å².